The summed E-state index contributed by atoms with van der Waals surface area (Å²) >= 11 is 0. The predicted octanol–water partition coefficient (Wildman–Crippen LogP) is 0.654. The normalized spacial score (nSPS) is 13.2. The summed E-state index contributed by atoms with van der Waals surface area (Å²) in [6, 6.07) is 7.70. The van der Waals surface area contributed by atoms with Crippen molar-refractivity contribution in [3.8, 4) is 6.07 Å². The van der Waals surface area contributed by atoms with Crippen LogP contribution in [0.4, 0.5) is 0 Å². The monoisotopic (exact) mass is 230 g/mol. The summed E-state index contributed by atoms with van der Waals surface area (Å²) < 4.78 is 0. The average Bonchev–Trinajstić information content (AvgIpc) is 2.56. The third-order valence-corrected chi connectivity index (χ3v) is 2.17. The van der Waals surface area contributed by atoms with Crippen LogP contribution in [0.5, 0.6) is 0 Å². The van der Waals surface area contributed by atoms with E-state index in [9.17, 15) is 14.4 Å². The lowest BCUT2D eigenvalue weighted by Gasteiger charge is -2.10. The molecule has 0 saturated carbocycles. The number of benzene rings is 1. The molecule has 0 aromatic heterocycles. The number of nitriles is 1. The van der Waals surface area contributed by atoms with Crippen LogP contribution in [-0.4, -0.2) is 22.8 Å². The Hall–Kier alpha value is -2.68. The summed E-state index contributed by atoms with van der Waals surface area (Å²) in [6.07, 6.45) is -0.520. The number of hydrogen-bond donors (Lipinski definition) is 0. The van der Waals surface area contributed by atoms with Crippen LogP contribution in [0.25, 0.3) is 0 Å². The second kappa shape index (κ2) is 4.06. The SMILES string of the molecule is N#CCC(=O)ON1C(=O)c2ccccc2C1=O. The van der Waals surface area contributed by atoms with E-state index in [4.69, 9.17) is 5.26 Å². The van der Waals surface area contributed by atoms with Gasteiger partial charge in [0.1, 0.15) is 6.42 Å². The van der Waals surface area contributed by atoms with E-state index >= 15 is 0 Å². The molecule has 0 radical (unpaired) electrons. The van der Waals surface area contributed by atoms with Gasteiger partial charge in [-0.15, -0.1) is 0 Å². The highest BCUT2D eigenvalue weighted by Crippen LogP contribution is 2.22. The number of nitrogens with zero attached hydrogens (tertiary/aromatic N) is 2. The Bertz CT molecular complexity index is 524. The van der Waals surface area contributed by atoms with Gasteiger partial charge < -0.3 is 4.84 Å². The smallest absolute Gasteiger partial charge is 0.329 e. The maximum Gasteiger partial charge on any atom is 0.347 e. The summed E-state index contributed by atoms with van der Waals surface area (Å²) in [5.41, 5.74) is 0.365. The van der Waals surface area contributed by atoms with Crippen LogP contribution in [-0.2, 0) is 9.63 Å². The van der Waals surface area contributed by atoms with Crippen molar-refractivity contribution >= 4 is 17.8 Å². The molecule has 0 N–H and O–H groups in total. The molecule has 1 aliphatic rings. The van der Waals surface area contributed by atoms with E-state index in [-0.39, 0.29) is 11.1 Å². The quantitative estimate of drug-likeness (QED) is 0.696. The van der Waals surface area contributed by atoms with Crippen molar-refractivity contribution in [3.05, 3.63) is 35.4 Å². The van der Waals surface area contributed by atoms with Crippen molar-refractivity contribution in [3.63, 3.8) is 0 Å². The molecule has 6 heteroatoms. The standard InChI is InChI=1S/C11H6N2O4/c12-6-5-9(14)17-13-10(15)7-3-1-2-4-8(7)11(13)16/h1-4H,5H2. The van der Waals surface area contributed by atoms with Crippen molar-refractivity contribution in [2.24, 2.45) is 0 Å². The first-order chi connectivity index (χ1) is 8.15. The Labute approximate surface area is 96.0 Å². The maximum absolute atomic E-state index is 11.7. The van der Waals surface area contributed by atoms with Gasteiger partial charge in [-0.2, -0.15) is 5.26 Å². The van der Waals surface area contributed by atoms with Crippen molar-refractivity contribution in [2.75, 3.05) is 0 Å². The third-order valence-electron chi connectivity index (χ3n) is 2.17. The van der Waals surface area contributed by atoms with Crippen LogP contribution in [0.1, 0.15) is 27.1 Å². The zero-order valence-corrected chi connectivity index (χ0v) is 8.54. The van der Waals surface area contributed by atoms with Crippen LogP contribution in [0.3, 0.4) is 0 Å². The van der Waals surface area contributed by atoms with E-state index in [1.165, 1.54) is 12.1 Å². The van der Waals surface area contributed by atoms with E-state index in [2.05, 4.69) is 4.84 Å². The molecule has 1 aromatic rings. The van der Waals surface area contributed by atoms with E-state index in [1.54, 1.807) is 18.2 Å². The fraction of sp³-hybridized carbons (Fsp3) is 0.0909. The number of hydrogen-bond acceptors (Lipinski definition) is 5. The molecular weight excluding hydrogens is 224 g/mol. The molecule has 0 spiro atoms. The summed E-state index contributed by atoms with van der Waals surface area (Å²) in [6.45, 7) is 0. The van der Waals surface area contributed by atoms with Crippen LogP contribution in [0.15, 0.2) is 24.3 Å². The Morgan fingerprint density at radius 2 is 1.76 bits per heavy atom. The summed E-state index contributed by atoms with van der Waals surface area (Å²) in [5.74, 6) is -2.34. The van der Waals surface area contributed by atoms with Crippen LogP contribution in [0, 0.1) is 11.3 Å². The van der Waals surface area contributed by atoms with Gasteiger partial charge in [0.05, 0.1) is 17.2 Å². The van der Waals surface area contributed by atoms with Crippen molar-refractivity contribution in [2.45, 2.75) is 6.42 Å². The second-order valence-corrected chi connectivity index (χ2v) is 3.25. The van der Waals surface area contributed by atoms with Gasteiger partial charge >= 0.3 is 5.97 Å². The van der Waals surface area contributed by atoms with Gasteiger partial charge in [0.2, 0.25) is 0 Å². The third kappa shape index (κ3) is 1.74. The summed E-state index contributed by atoms with van der Waals surface area (Å²) in [5, 5.41) is 8.66. The van der Waals surface area contributed by atoms with Gasteiger partial charge in [0.25, 0.3) is 11.8 Å². The first-order valence-electron chi connectivity index (χ1n) is 4.70. The molecule has 0 bridgehead atoms. The number of rotatable bonds is 2. The largest absolute Gasteiger partial charge is 0.347 e. The Kier molecular flexibility index (Phi) is 2.58. The zero-order valence-electron chi connectivity index (χ0n) is 8.54. The number of carbonyl (C=O) groups excluding carboxylic acids is 3. The van der Waals surface area contributed by atoms with E-state index in [1.807, 2.05) is 0 Å². The Balaban J connectivity index is 2.25. The first kappa shape index (κ1) is 10.8. The molecule has 1 heterocycles. The first-order valence-corrected chi connectivity index (χ1v) is 4.70. The molecule has 0 atom stereocenters. The number of fused-ring (bicyclic) bond motifs is 1. The van der Waals surface area contributed by atoms with Crippen LogP contribution < -0.4 is 0 Å². The van der Waals surface area contributed by atoms with Gasteiger partial charge in [-0.25, -0.2) is 4.79 Å². The highest BCUT2D eigenvalue weighted by atomic mass is 16.7. The highest BCUT2D eigenvalue weighted by molar-refractivity contribution is 6.20. The van der Waals surface area contributed by atoms with Crippen molar-refractivity contribution < 1.29 is 19.2 Å². The minimum Gasteiger partial charge on any atom is -0.329 e. The molecule has 84 valence electrons. The highest BCUT2D eigenvalue weighted by Gasteiger charge is 2.38. The molecule has 0 saturated heterocycles. The predicted molar refractivity (Wildman–Crippen MR) is 53.3 cm³/mol. The van der Waals surface area contributed by atoms with Crippen LogP contribution >= 0.6 is 0 Å². The molecular formula is C11H6N2O4. The summed E-state index contributed by atoms with van der Waals surface area (Å²) in [4.78, 5) is 39.0. The lowest BCUT2D eigenvalue weighted by atomic mass is 10.1. The fourth-order valence-electron chi connectivity index (χ4n) is 1.45. The van der Waals surface area contributed by atoms with Crippen LogP contribution in [0.2, 0.25) is 0 Å². The fourth-order valence-corrected chi connectivity index (χ4v) is 1.45. The topological polar surface area (TPSA) is 87.5 Å². The zero-order chi connectivity index (χ0) is 12.4. The molecule has 0 fully saturated rings. The number of carbonyl (C=O) groups is 3. The lowest BCUT2D eigenvalue weighted by Crippen LogP contribution is -2.32. The molecule has 17 heavy (non-hydrogen) atoms. The van der Waals surface area contributed by atoms with Gasteiger partial charge in [-0.05, 0) is 12.1 Å². The molecule has 1 aliphatic heterocycles. The van der Waals surface area contributed by atoms with Gasteiger partial charge in [-0.3, -0.25) is 9.59 Å². The molecule has 0 unspecified atom stereocenters. The minimum atomic E-state index is -0.943. The average molecular weight is 230 g/mol. The van der Waals surface area contributed by atoms with E-state index < -0.39 is 24.2 Å². The van der Waals surface area contributed by atoms with Gasteiger partial charge in [0.15, 0.2) is 0 Å². The second-order valence-electron chi connectivity index (χ2n) is 3.25. The molecule has 0 aliphatic carbocycles. The molecule has 6 nitrogen and oxygen atoms in total. The number of hydroxylamine groups is 2. The van der Waals surface area contributed by atoms with Crippen molar-refractivity contribution in [1.82, 2.24) is 5.06 Å². The van der Waals surface area contributed by atoms with Gasteiger partial charge in [-0.1, -0.05) is 17.2 Å². The van der Waals surface area contributed by atoms with E-state index in [0.717, 1.165) is 0 Å². The lowest BCUT2D eigenvalue weighted by molar-refractivity contribution is -0.167. The molecule has 1 aromatic carbocycles. The Morgan fingerprint density at radius 1 is 1.24 bits per heavy atom. The Morgan fingerprint density at radius 3 is 2.24 bits per heavy atom. The maximum atomic E-state index is 11.7. The molecule has 2 rings (SSSR count). The number of imide groups is 1. The summed E-state index contributed by atoms with van der Waals surface area (Å²) in [7, 11) is 0. The number of amides is 2. The molecule has 2 amide bonds. The minimum absolute atomic E-state index is 0.183. The van der Waals surface area contributed by atoms with Crippen molar-refractivity contribution in [1.29, 1.82) is 5.26 Å². The van der Waals surface area contributed by atoms with E-state index in [0.29, 0.717) is 5.06 Å². The van der Waals surface area contributed by atoms with Gasteiger partial charge in [0, 0.05) is 0 Å².